The highest BCUT2D eigenvalue weighted by Gasteiger charge is 2.17. The number of aromatic nitrogens is 2. The molecule has 0 spiro atoms. The highest BCUT2D eigenvalue weighted by Crippen LogP contribution is 2.37. The zero-order chi connectivity index (χ0) is 15.7. The van der Waals surface area contributed by atoms with Gasteiger partial charge >= 0.3 is 0 Å². The van der Waals surface area contributed by atoms with Crippen LogP contribution in [0.25, 0.3) is 0 Å². The second-order valence-electron chi connectivity index (χ2n) is 4.25. The van der Waals surface area contributed by atoms with Gasteiger partial charge in [0.1, 0.15) is 6.61 Å². The lowest BCUT2D eigenvalue weighted by molar-refractivity contribution is -0.384. The summed E-state index contributed by atoms with van der Waals surface area (Å²) in [6, 6.07) is 2.40. The molecule has 2 aromatic rings. The third-order valence-electron chi connectivity index (χ3n) is 2.81. The third kappa shape index (κ3) is 3.30. The zero-order valence-electron chi connectivity index (χ0n) is 11.1. The number of halogens is 3. The molecule has 6 nitrogen and oxygen atoms in total. The molecule has 112 valence electrons. The van der Waals surface area contributed by atoms with Crippen LogP contribution in [0.2, 0.25) is 10.0 Å². The predicted molar refractivity (Wildman–Crippen MR) is 83.1 cm³/mol. The van der Waals surface area contributed by atoms with Crippen molar-refractivity contribution in [2.75, 3.05) is 0 Å². The topological polar surface area (TPSA) is 70.2 Å². The number of nitrogens with zero attached hydrogens (tertiary/aromatic N) is 3. The summed E-state index contributed by atoms with van der Waals surface area (Å²) in [7, 11) is 1.79. The Morgan fingerprint density at radius 2 is 2.00 bits per heavy atom. The fourth-order valence-electron chi connectivity index (χ4n) is 1.77. The fraction of sp³-hybridized carbons (Fsp3) is 0.250. The van der Waals surface area contributed by atoms with Gasteiger partial charge in [0.2, 0.25) is 0 Å². The number of rotatable bonds is 4. The van der Waals surface area contributed by atoms with Crippen molar-refractivity contribution >= 4 is 44.8 Å². The average molecular weight is 395 g/mol. The van der Waals surface area contributed by atoms with E-state index in [4.69, 9.17) is 27.9 Å². The summed E-state index contributed by atoms with van der Waals surface area (Å²) < 4.78 is 8.09. The van der Waals surface area contributed by atoms with Crippen LogP contribution in [0.1, 0.15) is 11.4 Å². The van der Waals surface area contributed by atoms with Crippen molar-refractivity contribution in [3.63, 3.8) is 0 Å². The molecular weight excluding hydrogens is 385 g/mol. The minimum atomic E-state index is -0.567. The van der Waals surface area contributed by atoms with Crippen LogP contribution < -0.4 is 4.74 Å². The molecule has 0 saturated heterocycles. The molecule has 21 heavy (non-hydrogen) atoms. The number of nitro benzene ring substituents is 1. The van der Waals surface area contributed by atoms with Gasteiger partial charge in [0, 0.05) is 19.2 Å². The Kier molecular flexibility index (Phi) is 4.75. The summed E-state index contributed by atoms with van der Waals surface area (Å²) in [5, 5.41) is 15.1. The smallest absolute Gasteiger partial charge is 0.272 e. The van der Waals surface area contributed by atoms with Crippen LogP contribution >= 0.6 is 39.1 Å². The number of ether oxygens (including phenoxy) is 1. The minimum absolute atomic E-state index is 0.0872. The van der Waals surface area contributed by atoms with Gasteiger partial charge in [-0.1, -0.05) is 23.2 Å². The molecule has 0 fully saturated rings. The summed E-state index contributed by atoms with van der Waals surface area (Å²) >= 11 is 15.4. The van der Waals surface area contributed by atoms with Crippen molar-refractivity contribution in [1.82, 2.24) is 9.78 Å². The fourth-order valence-corrected chi connectivity index (χ4v) is 2.80. The second-order valence-corrected chi connectivity index (χ2v) is 5.86. The molecule has 0 atom stereocenters. The van der Waals surface area contributed by atoms with Crippen LogP contribution in [0.5, 0.6) is 5.75 Å². The SMILES string of the molecule is Cc1nn(C)c(COc2c(Cl)cc([N+](=O)[O-])cc2Cl)c1Br. The normalized spacial score (nSPS) is 10.7. The Hall–Kier alpha value is -1.31. The van der Waals surface area contributed by atoms with Gasteiger partial charge in [0.05, 0.1) is 30.8 Å². The first-order valence-corrected chi connectivity index (χ1v) is 7.30. The van der Waals surface area contributed by atoms with E-state index in [1.807, 2.05) is 6.92 Å². The summed E-state index contributed by atoms with van der Waals surface area (Å²) in [5.41, 5.74) is 1.45. The van der Waals surface area contributed by atoms with E-state index in [-0.39, 0.29) is 28.1 Å². The molecule has 0 N–H and O–H groups in total. The van der Waals surface area contributed by atoms with Crippen molar-refractivity contribution in [1.29, 1.82) is 0 Å². The lowest BCUT2D eigenvalue weighted by Gasteiger charge is -2.10. The first-order valence-electron chi connectivity index (χ1n) is 5.75. The van der Waals surface area contributed by atoms with Crippen molar-refractivity contribution in [2.45, 2.75) is 13.5 Å². The first kappa shape index (κ1) is 16.1. The van der Waals surface area contributed by atoms with Crippen molar-refractivity contribution in [2.24, 2.45) is 7.05 Å². The first-order chi connectivity index (χ1) is 9.81. The molecule has 0 unspecified atom stereocenters. The summed E-state index contributed by atoms with van der Waals surface area (Å²) in [6.45, 7) is 2.04. The summed E-state index contributed by atoms with van der Waals surface area (Å²) in [6.07, 6.45) is 0. The maximum atomic E-state index is 10.7. The monoisotopic (exact) mass is 393 g/mol. The van der Waals surface area contributed by atoms with Gasteiger partial charge in [-0.3, -0.25) is 14.8 Å². The minimum Gasteiger partial charge on any atom is -0.484 e. The van der Waals surface area contributed by atoms with Crippen LogP contribution in [-0.4, -0.2) is 14.7 Å². The van der Waals surface area contributed by atoms with E-state index in [2.05, 4.69) is 21.0 Å². The average Bonchev–Trinajstić information content (AvgIpc) is 2.63. The molecule has 0 amide bonds. The van der Waals surface area contributed by atoms with E-state index < -0.39 is 4.92 Å². The molecule has 0 bridgehead atoms. The standard InChI is InChI=1S/C12H10BrCl2N3O3/c1-6-11(13)10(17(2)16-6)5-21-12-8(14)3-7(18(19)20)4-9(12)15/h3-4H,5H2,1-2H3. The van der Waals surface area contributed by atoms with Crippen molar-refractivity contribution < 1.29 is 9.66 Å². The van der Waals surface area contributed by atoms with Crippen LogP contribution in [0.3, 0.4) is 0 Å². The predicted octanol–water partition coefficient (Wildman–Crippen LogP) is 4.29. The van der Waals surface area contributed by atoms with Gasteiger partial charge < -0.3 is 4.74 Å². The van der Waals surface area contributed by atoms with Gasteiger partial charge in [-0.15, -0.1) is 0 Å². The number of non-ortho nitro benzene ring substituents is 1. The van der Waals surface area contributed by atoms with E-state index in [0.29, 0.717) is 0 Å². The molecule has 1 aromatic heterocycles. The summed E-state index contributed by atoms with van der Waals surface area (Å²) in [5.74, 6) is 0.203. The summed E-state index contributed by atoms with van der Waals surface area (Å²) in [4.78, 5) is 10.2. The number of aryl methyl sites for hydroxylation is 2. The Labute approximate surface area is 138 Å². The highest BCUT2D eigenvalue weighted by molar-refractivity contribution is 9.10. The quantitative estimate of drug-likeness (QED) is 0.573. The van der Waals surface area contributed by atoms with E-state index in [0.717, 1.165) is 15.9 Å². The van der Waals surface area contributed by atoms with E-state index in [9.17, 15) is 10.1 Å². The van der Waals surface area contributed by atoms with Gasteiger partial charge in [0.25, 0.3) is 5.69 Å². The number of benzene rings is 1. The molecule has 0 saturated carbocycles. The van der Waals surface area contributed by atoms with Crippen LogP contribution in [-0.2, 0) is 13.7 Å². The lowest BCUT2D eigenvalue weighted by Crippen LogP contribution is -2.04. The van der Waals surface area contributed by atoms with Crippen molar-refractivity contribution in [3.05, 3.63) is 48.2 Å². The molecule has 2 rings (SSSR count). The molecule has 1 heterocycles. The Balaban J connectivity index is 2.26. The zero-order valence-corrected chi connectivity index (χ0v) is 14.2. The third-order valence-corrected chi connectivity index (χ3v) is 4.40. The Bertz CT molecular complexity index is 695. The van der Waals surface area contributed by atoms with Gasteiger partial charge in [-0.05, 0) is 22.9 Å². The Morgan fingerprint density at radius 3 is 2.43 bits per heavy atom. The molecule has 0 radical (unpaired) electrons. The van der Waals surface area contributed by atoms with E-state index >= 15 is 0 Å². The number of nitro groups is 1. The van der Waals surface area contributed by atoms with Gasteiger partial charge in [-0.25, -0.2) is 0 Å². The maximum absolute atomic E-state index is 10.7. The van der Waals surface area contributed by atoms with Crippen LogP contribution in [0.15, 0.2) is 16.6 Å². The van der Waals surface area contributed by atoms with Gasteiger partial charge in [-0.2, -0.15) is 5.10 Å². The second kappa shape index (κ2) is 6.21. The van der Waals surface area contributed by atoms with E-state index in [1.165, 1.54) is 12.1 Å². The Morgan fingerprint density at radius 1 is 1.43 bits per heavy atom. The lowest BCUT2D eigenvalue weighted by atomic mass is 10.3. The van der Waals surface area contributed by atoms with Crippen molar-refractivity contribution in [3.8, 4) is 5.75 Å². The van der Waals surface area contributed by atoms with Crippen LogP contribution in [0, 0.1) is 17.0 Å². The number of hydrogen-bond donors (Lipinski definition) is 0. The van der Waals surface area contributed by atoms with Gasteiger partial charge in [0.15, 0.2) is 5.75 Å². The molecule has 9 heteroatoms. The molecule has 0 aliphatic carbocycles. The molecule has 0 aliphatic heterocycles. The molecule has 1 aromatic carbocycles. The highest BCUT2D eigenvalue weighted by atomic mass is 79.9. The molecule has 0 aliphatic rings. The largest absolute Gasteiger partial charge is 0.484 e. The molecular formula is C12H10BrCl2N3O3. The van der Waals surface area contributed by atoms with Crippen LogP contribution in [0.4, 0.5) is 5.69 Å². The number of hydrogen-bond acceptors (Lipinski definition) is 4. The van der Waals surface area contributed by atoms with E-state index in [1.54, 1.807) is 11.7 Å². The maximum Gasteiger partial charge on any atom is 0.272 e.